The topological polar surface area (TPSA) is 101 Å². The first-order valence-electron chi connectivity index (χ1n) is 9.35. The van der Waals surface area contributed by atoms with Gasteiger partial charge in [-0.25, -0.2) is 9.78 Å². The van der Waals surface area contributed by atoms with Crippen molar-refractivity contribution in [3.05, 3.63) is 41.5 Å². The van der Waals surface area contributed by atoms with Crippen LogP contribution >= 0.6 is 0 Å². The number of benzene rings is 1. The van der Waals surface area contributed by atoms with E-state index in [4.69, 9.17) is 9.72 Å². The number of hydrogen-bond acceptors (Lipinski definition) is 8. The van der Waals surface area contributed by atoms with Gasteiger partial charge in [-0.15, -0.1) is 0 Å². The lowest BCUT2D eigenvalue weighted by Crippen LogP contribution is -2.16. The molecular formula is C19H24N6O2. The molecule has 0 spiro atoms. The maximum atomic E-state index is 11.6. The van der Waals surface area contributed by atoms with E-state index in [1.807, 2.05) is 12.1 Å². The molecule has 142 valence electrons. The SMILES string of the molecule is COC(=O)c1ccc(Nc2nc(C3CCNC3)nc(C3CCNC3)n2)cc1. The Balaban J connectivity index is 1.59. The fourth-order valence-corrected chi connectivity index (χ4v) is 3.52. The number of esters is 1. The summed E-state index contributed by atoms with van der Waals surface area (Å²) in [6.45, 7) is 3.79. The molecular weight excluding hydrogens is 344 g/mol. The summed E-state index contributed by atoms with van der Waals surface area (Å²) in [6, 6.07) is 7.09. The van der Waals surface area contributed by atoms with Crippen LogP contribution in [0.3, 0.4) is 0 Å². The molecule has 2 aliphatic heterocycles. The number of carbonyl (C=O) groups excluding carboxylic acids is 1. The number of anilines is 2. The highest BCUT2D eigenvalue weighted by Gasteiger charge is 2.25. The normalized spacial score (nSPS) is 22.0. The fourth-order valence-electron chi connectivity index (χ4n) is 3.52. The first-order valence-corrected chi connectivity index (χ1v) is 9.35. The maximum absolute atomic E-state index is 11.6. The van der Waals surface area contributed by atoms with Crippen molar-refractivity contribution >= 4 is 17.6 Å². The lowest BCUT2D eigenvalue weighted by atomic mass is 10.1. The van der Waals surface area contributed by atoms with Gasteiger partial charge < -0.3 is 20.7 Å². The first-order chi connectivity index (χ1) is 13.2. The molecule has 3 N–H and O–H groups in total. The van der Waals surface area contributed by atoms with E-state index in [-0.39, 0.29) is 5.97 Å². The molecule has 0 amide bonds. The second-order valence-electron chi connectivity index (χ2n) is 6.95. The molecule has 1 aromatic heterocycles. The third kappa shape index (κ3) is 4.06. The molecule has 2 atom stereocenters. The Bertz CT molecular complexity index is 764. The van der Waals surface area contributed by atoms with Gasteiger partial charge in [-0.05, 0) is 50.2 Å². The summed E-state index contributed by atoms with van der Waals surface area (Å²) in [6.07, 6.45) is 2.08. The minimum absolute atomic E-state index is 0.323. The monoisotopic (exact) mass is 368 g/mol. The molecule has 4 rings (SSSR count). The fraction of sp³-hybridized carbons (Fsp3) is 0.474. The van der Waals surface area contributed by atoms with Crippen LogP contribution in [0, 0.1) is 0 Å². The number of rotatable bonds is 5. The zero-order valence-electron chi connectivity index (χ0n) is 15.4. The van der Waals surface area contributed by atoms with Crippen LogP contribution in [0.25, 0.3) is 0 Å². The van der Waals surface area contributed by atoms with Gasteiger partial charge in [0, 0.05) is 30.6 Å². The van der Waals surface area contributed by atoms with Crippen molar-refractivity contribution in [2.45, 2.75) is 24.7 Å². The van der Waals surface area contributed by atoms with Gasteiger partial charge in [-0.1, -0.05) is 0 Å². The Morgan fingerprint density at radius 3 is 2.07 bits per heavy atom. The van der Waals surface area contributed by atoms with E-state index in [1.54, 1.807) is 12.1 Å². The third-order valence-electron chi connectivity index (χ3n) is 5.08. The second kappa shape index (κ2) is 7.98. The number of methoxy groups -OCH3 is 1. The molecule has 8 nitrogen and oxygen atoms in total. The molecule has 2 saturated heterocycles. The third-order valence-corrected chi connectivity index (χ3v) is 5.08. The molecule has 8 heteroatoms. The highest BCUT2D eigenvalue weighted by atomic mass is 16.5. The van der Waals surface area contributed by atoms with Crippen molar-refractivity contribution < 1.29 is 9.53 Å². The van der Waals surface area contributed by atoms with Crippen molar-refractivity contribution in [1.29, 1.82) is 0 Å². The van der Waals surface area contributed by atoms with Crippen LogP contribution in [0.1, 0.15) is 46.7 Å². The van der Waals surface area contributed by atoms with Crippen LogP contribution in [0.2, 0.25) is 0 Å². The predicted octanol–water partition coefficient (Wildman–Crippen LogP) is 1.56. The van der Waals surface area contributed by atoms with E-state index in [0.29, 0.717) is 23.3 Å². The summed E-state index contributed by atoms with van der Waals surface area (Å²) in [5.74, 6) is 2.55. The molecule has 2 aliphatic rings. The number of ether oxygens (including phenoxy) is 1. The van der Waals surface area contributed by atoms with Gasteiger partial charge >= 0.3 is 5.97 Å². The summed E-state index contributed by atoms with van der Waals surface area (Å²) in [5.41, 5.74) is 1.33. The zero-order chi connectivity index (χ0) is 18.6. The molecule has 27 heavy (non-hydrogen) atoms. The predicted molar refractivity (Wildman–Crippen MR) is 101 cm³/mol. The highest BCUT2D eigenvalue weighted by Crippen LogP contribution is 2.25. The maximum Gasteiger partial charge on any atom is 0.337 e. The number of nitrogens with one attached hydrogen (secondary N) is 3. The van der Waals surface area contributed by atoms with Crippen LogP contribution < -0.4 is 16.0 Å². The molecule has 0 saturated carbocycles. The molecule has 2 aromatic rings. The average molecular weight is 368 g/mol. The molecule has 2 fully saturated rings. The van der Waals surface area contributed by atoms with Crippen molar-refractivity contribution in [1.82, 2.24) is 25.6 Å². The van der Waals surface area contributed by atoms with E-state index >= 15 is 0 Å². The lowest BCUT2D eigenvalue weighted by molar-refractivity contribution is 0.0601. The van der Waals surface area contributed by atoms with Gasteiger partial charge in [0.15, 0.2) is 0 Å². The summed E-state index contributed by atoms with van der Waals surface area (Å²) in [7, 11) is 1.37. The Kier molecular flexibility index (Phi) is 5.26. The van der Waals surface area contributed by atoms with Gasteiger partial charge in [0.05, 0.1) is 12.7 Å². The van der Waals surface area contributed by atoms with E-state index in [9.17, 15) is 4.79 Å². The number of aromatic nitrogens is 3. The minimum atomic E-state index is -0.353. The number of carbonyl (C=O) groups is 1. The lowest BCUT2D eigenvalue weighted by Gasteiger charge is -2.14. The summed E-state index contributed by atoms with van der Waals surface area (Å²) in [5, 5.41) is 10.0. The van der Waals surface area contributed by atoms with Crippen LogP contribution in [0.4, 0.5) is 11.6 Å². The molecule has 0 radical (unpaired) electrons. The second-order valence-corrected chi connectivity index (χ2v) is 6.95. The van der Waals surface area contributed by atoms with E-state index in [1.165, 1.54) is 7.11 Å². The Hall–Kier alpha value is -2.58. The molecule has 0 aliphatic carbocycles. The van der Waals surface area contributed by atoms with Gasteiger partial charge in [-0.2, -0.15) is 9.97 Å². The molecule has 2 unspecified atom stereocenters. The summed E-state index contributed by atoms with van der Waals surface area (Å²) >= 11 is 0. The summed E-state index contributed by atoms with van der Waals surface area (Å²) in [4.78, 5) is 25.7. The Morgan fingerprint density at radius 1 is 1.00 bits per heavy atom. The molecule has 3 heterocycles. The Labute approximate surface area is 158 Å². The first kappa shape index (κ1) is 17.8. The molecule has 0 bridgehead atoms. The number of nitrogens with zero attached hydrogens (tertiary/aromatic N) is 3. The van der Waals surface area contributed by atoms with E-state index < -0.39 is 0 Å². The van der Waals surface area contributed by atoms with Crippen LogP contribution in [-0.4, -0.2) is 54.2 Å². The van der Waals surface area contributed by atoms with E-state index in [2.05, 4.69) is 25.9 Å². The smallest absolute Gasteiger partial charge is 0.337 e. The quantitative estimate of drug-likeness (QED) is 0.684. The molecule has 1 aromatic carbocycles. The minimum Gasteiger partial charge on any atom is -0.465 e. The summed E-state index contributed by atoms with van der Waals surface area (Å²) < 4.78 is 4.74. The van der Waals surface area contributed by atoms with Crippen LogP contribution in [-0.2, 0) is 4.74 Å². The highest BCUT2D eigenvalue weighted by molar-refractivity contribution is 5.89. The van der Waals surface area contributed by atoms with Crippen LogP contribution in [0.15, 0.2) is 24.3 Å². The largest absolute Gasteiger partial charge is 0.465 e. The van der Waals surface area contributed by atoms with Crippen molar-refractivity contribution in [2.75, 3.05) is 38.6 Å². The number of hydrogen-bond donors (Lipinski definition) is 3. The Morgan fingerprint density at radius 2 is 1.59 bits per heavy atom. The van der Waals surface area contributed by atoms with Crippen LogP contribution in [0.5, 0.6) is 0 Å². The zero-order valence-corrected chi connectivity index (χ0v) is 15.4. The van der Waals surface area contributed by atoms with Gasteiger partial charge in [0.1, 0.15) is 11.6 Å². The van der Waals surface area contributed by atoms with Gasteiger partial charge in [0.2, 0.25) is 5.95 Å². The van der Waals surface area contributed by atoms with Crippen molar-refractivity contribution in [3.63, 3.8) is 0 Å². The average Bonchev–Trinajstić information content (AvgIpc) is 3.41. The van der Waals surface area contributed by atoms with Gasteiger partial charge in [-0.3, -0.25) is 0 Å². The van der Waals surface area contributed by atoms with Gasteiger partial charge in [0.25, 0.3) is 0 Å². The standard InChI is InChI=1S/C19H24N6O2/c1-27-18(26)12-2-4-15(5-3-12)22-19-24-16(13-6-8-20-10-13)23-17(25-19)14-7-9-21-11-14/h2-5,13-14,20-21H,6-11H2,1H3,(H,22,23,24,25). The van der Waals surface area contributed by atoms with Crippen molar-refractivity contribution in [3.8, 4) is 0 Å². The van der Waals surface area contributed by atoms with Crippen molar-refractivity contribution in [2.24, 2.45) is 0 Å². The van der Waals surface area contributed by atoms with E-state index in [0.717, 1.165) is 56.4 Å².